The molecule has 0 amide bonds. The quantitative estimate of drug-likeness (QED) is 0.637. The molecule has 7 heteroatoms. The van der Waals surface area contributed by atoms with Crippen molar-refractivity contribution in [2.75, 3.05) is 0 Å². The first-order valence-electron chi connectivity index (χ1n) is 5.18. The Morgan fingerprint density at radius 2 is 0.895 bits per heavy atom. The van der Waals surface area contributed by atoms with E-state index in [2.05, 4.69) is 0 Å². The normalized spacial score (nSPS) is 12.3. The van der Waals surface area contributed by atoms with Crippen molar-refractivity contribution in [3.63, 3.8) is 0 Å². The Balaban J connectivity index is 0.000000324. The van der Waals surface area contributed by atoms with E-state index in [1.54, 1.807) is 48.5 Å². The van der Waals surface area contributed by atoms with Crippen molar-refractivity contribution in [3.05, 3.63) is 60.7 Å². The van der Waals surface area contributed by atoms with Crippen LogP contribution < -0.4 is 10.6 Å². The molecule has 0 aliphatic heterocycles. The van der Waals surface area contributed by atoms with E-state index >= 15 is 0 Å². The van der Waals surface area contributed by atoms with E-state index in [0.717, 1.165) is 0 Å². The van der Waals surface area contributed by atoms with Gasteiger partial charge in [0.25, 0.3) is 0 Å². The van der Waals surface area contributed by atoms with E-state index in [4.69, 9.17) is 9.79 Å². The zero-order valence-electron chi connectivity index (χ0n) is 10.2. The van der Waals surface area contributed by atoms with E-state index < -0.39 is 16.1 Å². The van der Waals surface area contributed by atoms with Crippen LogP contribution in [0.1, 0.15) is 0 Å². The molecule has 98 valence electrons. The number of hydrogen-bond donors (Lipinski definition) is 2. The first-order valence-corrected chi connectivity index (χ1v) is 7.89. The van der Waals surface area contributed by atoms with Gasteiger partial charge in [-0.05, 0) is 24.3 Å². The molecule has 2 atom stereocenters. The molecular formula is C12H14O4P2Zn. The molecule has 0 radical (unpaired) electrons. The summed E-state index contributed by atoms with van der Waals surface area (Å²) in [5.74, 6) is 0. The van der Waals surface area contributed by atoms with Gasteiger partial charge in [-0.25, -0.2) is 0 Å². The Kier molecular flexibility index (Phi) is 9.96. The van der Waals surface area contributed by atoms with Crippen LogP contribution in [0.3, 0.4) is 0 Å². The minimum Gasteiger partial charge on any atom is -0.343 e. The zero-order valence-corrected chi connectivity index (χ0v) is 15.2. The summed E-state index contributed by atoms with van der Waals surface area (Å²) >= 11 is 0. The van der Waals surface area contributed by atoms with Crippen LogP contribution in [0.25, 0.3) is 0 Å². The van der Waals surface area contributed by atoms with Gasteiger partial charge < -0.3 is 9.79 Å². The van der Waals surface area contributed by atoms with Gasteiger partial charge in [-0.15, -0.1) is 0 Å². The van der Waals surface area contributed by atoms with Gasteiger partial charge in [-0.1, -0.05) is 36.4 Å². The Morgan fingerprint density at radius 1 is 0.632 bits per heavy atom. The number of hydrogen-bond acceptors (Lipinski definition) is 2. The number of rotatable bonds is 2. The molecule has 2 aromatic rings. The zero-order chi connectivity index (χ0) is 13.4. The molecule has 2 unspecified atom stereocenters. The maximum absolute atomic E-state index is 10.4. The van der Waals surface area contributed by atoms with Crippen LogP contribution in [0.15, 0.2) is 60.7 Å². The summed E-state index contributed by atoms with van der Waals surface area (Å²) in [7, 11) is -4.92. The van der Waals surface area contributed by atoms with Crippen molar-refractivity contribution in [2.24, 2.45) is 0 Å². The maximum Gasteiger partial charge on any atom is 0.218 e. The largest absolute Gasteiger partial charge is 0.343 e. The molecule has 0 saturated heterocycles. The third-order valence-electron chi connectivity index (χ3n) is 2.04. The minimum absolute atomic E-state index is 0. The van der Waals surface area contributed by atoms with E-state index in [0.29, 0.717) is 10.6 Å². The Labute approximate surface area is 126 Å². The van der Waals surface area contributed by atoms with E-state index in [1.165, 1.54) is 0 Å². The van der Waals surface area contributed by atoms with Gasteiger partial charge in [0.15, 0.2) is 0 Å². The van der Waals surface area contributed by atoms with Gasteiger partial charge in [-0.3, -0.25) is 9.13 Å². The molecule has 0 spiro atoms. The van der Waals surface area contributed by atoms with Crippen LogP contribution in [0.2, 0.25) is 0 Å². The van der Waals surface area contributed by atoms with Gasteiger partial charge in [0.1, 0.15) is 0 Å². The van der Waals surface area contributed by atoms with Crippen LogP contribution in [0.5, 0.6) is 0 Å². The van der Waals surface area contributed by atoms with Crippen LogP contribution in [-0.2, 0) is 28.6 Å². The molecule has 0 bridgehead atoms. The minimum atomic E-state index is -2.46. The molecule has 0 fully saturated rings. The van der Waals surface area contributed by atoms with Crippen molar-refractivity contribution >= 4 is 26.7 Å². The molecule has 0 aliphatic carbocycles. The van der Waals surface area contributed by atoms with Crippen LogP contribution in [0, 0.1) is 0 Å². The molecule has 2 N–H and O–H groups in total. The van der Waals surface area contributed by atoms with Crippen LogP contribution >= 0.6 is 16.1 Å². The van der Waals surface area contributed by atoms with Crippen molar-refractivity contribution in [1.29, 1.82) is 0 Å². The van der Waals surface area contributed by atoms with Gasteiger partial charge >= 0.3 is 0 Å². The summed E-state index contributed by atoms with van der Waals surface area (Å²) < 4.78 is 20.8. The average molecular weight is 350 g/mol. The molecule has 0 heterocycles. The smallest absolute Gasteiger partial charge is 0.218 e. The summed E-state index contributed by atoms with van der Waals surface area (Å²) in [5.41, 5.74) is 0. The van der Waals surface area contributed by atoms with Crippen LogP contribution in [-0.4, -0.2) is 9.79 Å². The molecule has 2 rings (SSSR count). The van der Waals surface area contributed by atoms with Crippen molar-refractivity contribution in [3.8, 4) is 0 Å². The topological polar surface area (TPSA) is 74.6 Å². The average Bonchev–Trinajstić information content (AvgIpc) is 2.41. The second-order valence-electron chi connectivity index (χ2n) is 3.34. The third kappa shape index (κ3) is 7.57. The predicted octanol–water partition coefficient (Wildman–Crippen LogP) is 1.56. The van der Waals surface area contributed by atoms with Crippen molar-refractivity contribution < 1.29 is 38.4 Å². The standard InChI is InChI=1S/2C6H7O2P.Zn/c2*7-9(8)6-4-2-1-3-5-6;/h2*1-5,9H,(H,7,8);. The first-order chi connectivity index (χ1) is 8.61. The molecule has 2 aromatic carbocycles. The number of benzene rings is 2. The van der Waals surface area contributed by atoms with Crippen molar-refractivity contribution in [2.45, 2.75) is 0 Å². The van der Waals surface area contributed by atoms with E-state index in [1.807, 2.05) is 12.1 Å². The molecule has 4 nitrogen and oxygen atoms in total. The summed E-state index contributed by atoms with van der Waals surface area (Å²) in [6, 6.07) is 17.2. The van der Waals surface area contributed by atoms with Gasteiger partial charge in [0.05, 0.1) is 0 Å². The Morgan fingerprint density at radius 3 is 1.05 bits per heavy atom. The van der Waals surface area contributed by atoms with Gasteiger partial charge in [-0.2, -0.15) is 0 Å². The van der Waals surface area contributed by atoms with Gasteiger partial charge in [0.2, 0.25) is 16.1 Å². The monoisotopic (exact) mass is 348 g/mol. The second-order valence-corrected chi connectivity index (χ2v) is 5.72. The van der Waals surface area contributed by atoms with E-state index in [-0.39, 0.29) is 19.5 Å². The maximum atomic E-state index is 10.4. The fourth-order valence-electron chi connectivity index (χ4n) is 1.16. The Hall–Kier alpha value is -0.557. The first kappa shape index (κ1) is 18.4. The fourth-order valence-corrected chi connectivity index (χ4v) is 2.12. The van der Waals surface area contributed by atoms with Crippen molar-refractivity contribution in [1.82, 2.24) is 0 Å². The molecule has 0 aromatic heterocycles. The molecular weight excluding hydrogens is 335 g/mol. The summed E-state index contributed by atoms with van der Waals surface area (Å²) in [6.45, 7) is 0. The summed E-state index contributed by atoms with van der Waals surface area (Å²) in [5, 5.41) is 1.03. The Bertz CT molecular complexity index is 470. The van der Waals surface area contributed by atoms with E-state index in [9.17, 15) is 9.13 Å². The fraction of sp³-hybridized carbons (Fsp3) is 0. The predicted molar refractivity (Wildman–Crippen MR) is 74.6 cm³/mol. The molecule has 19 heavy (non-hydrogen) atoms. The molecule has 0 saturated carbocycles. The third-order valence-corrected chi connectivity index (χ3v) is 3.70. The summed E-state index contributed by atoms with van der Waals surface area (Å²) in [4.78, 5) is 17.1. The molecule has 0 aliphatic rings. The SMILES string of the molecule is O=[PH](O)c1ccccc1.O=[PH](O)c1ccccc1.[Zn]. The van der Waals surface area contributed by atoms with Crippen LogP contribution in [0.4, 0.5) is 0 Å². The summed E-state index contributed by atoms with van der Waals surface area (Å²) in [6.07, 6.45) is 0. The second kappa shape index (κ2) is 10.3. The van der Waals surface area contributed by atoms with Gasteiger partial charge in [0, 0.05) is 30.1 Å².